The van der Waals surface area contributed by atoms with E-state index in [0.29, 0.717) is 23.7 Å². The van der Waals surface area contributed by atoms with Crippen molar-refractivity contribution in [1.82, 2.24) is 20.6 Å². The summed E-state index contributed by atoms with van der Waals surface area (Å²) >= 11 is 1.36. The monoisotopic (exact) mass is 427 g/mol. The Balaban J connectivity index is 1.66. The Labute approximate surface area is 181 Å². The van der Waals surface area contributed by atoms with E-state index in [1.807, 2.05) is 26.8 Å². The van der Waals surface area contributed by atoms with Gasteiger partial charge in [-0.1, -0.05) is 18.2 Å². The van der Waals surface area contributed by atoms with Crippen LogP contribution in [0.2, 0.25) is 0 Å². The van der Waals surface area contributed by atoms with Gasteiger partial charge in [-0.2, -0.15) is 0 Å². The Hall–Kier alpha value is -2.87. The minimum Gasteiger partial charge on any atom is -0.462 e. The van der Waals surface area contributed by atoms with Gasteiger partial charge in [0.1, 0.15) is 9.88 Å². The van der Waals surface area contributed by atoms with Crippen molar-refractivity contribution < 1.29 is 9.53 Å². The average Bonchev–Trinajstić information content (AvgIpc) is 3.32. The molecule has 1 atom stereocenters. The van der Waals surface area contributed by atoms with Crippen LogP contribution >= 0.6 is 11.3 Å². The molecule has 0 amide bonds. The van der Waals surface area contributed by atoms with Gasteiger partial charge in [0.25, 0.3) is 0 Å². The first-order chi connectivity index (χ1) is 14.5. The fourth-order valence-corrected chi connectivity index (χ4v) is 4.17. The number of guanidine groups is 1. The molecule has 2 heterocycles. The number of hydrogen-bond donors (Lipinski definition) is 3. The second kappa shape index (κ2) is 10.2. The number of aliphatic imine (C=N–C) groups is 1. The summed E-state index contributed by atoms with van der Waals surface area (Å²) in [5.74, 6) is 0.417. The number of aromatic nitrogens is 2. The molecule has 2 aromatic heterocycles. The standard InChI is InChI=1S/C22H29N5O2S/c1-5-23-22(24-12-11-16-13-25-18-10-8-7-9-17(16)18)27-15(4)20-26-14(3)19(30-20)21(28)29-6-2/h7-10,13,15,25H,5-6,11-12H2,1-4H3,(H2,23,24,27). The lowest BCUT2D eigenvalue weighted by atomic mass is 10.1. The van der Waals surface area contributed by atoms with Crippen molar-refractivity contribution in [3.8, 4) is 0 Å². The fraction of sp³-hybridized carbons (Fsp3) is 0.409. The number of nitrogens with zero attached hydrogens (tertiary/aromatic N) is 2. The van der Waals surface area contributed by atoms with Gasteiger partial charge in [0.15, 0.2) is 5.96 Å². The summed E-state index contributed by atoms with van der Waals surface area (Å²) in [6, 6.07) is 8.21. The second-order valence-electron chi connectivity index (χ2n) is 6.92. The smallest absolute Gasteiger partial charge is 0.350 e. The number of benzene rings is 1. The van der Waals surface area contributed by atoms with E-state index in [1.54, 1.807) is 6.92 Å². The quantitative estimate of drug-likeness (QED) is 0.287. The van der Waals surface area contributed by atoms with E-state index >= 15 is 0 Å². The van der Waals surface area contributed by atoms with Crippen molar-refractivity contribution in [2.45, 2.75) is 40.2 Å². The summed E-state index contributed by atoms with van der Waals surface area (Å²) < 4.78 is 5.11. The zero-order chi connectivity index (χ0) is 21.5. The maximum atomic E-state index is 12.1. The maximum Gasteiger partial charge on any atom is 0.350 e. The number of H-pyrrole nitrogens is 1. The van der Waals surface area contributed by atoms with Crippen LogP contribution in [-0.4, -0.2) is 41.6 Å². The van der Waals surface area contributed by atoms with Crippen molar-refractivity contribution in [3.63, 3.8) is 0 Å². The van der Waals surface area contributed by atoms with Crippen molar-refractivity contribution in [2.24, 2.45) is 4.99 Å². The molecule has 1 unspecified atom stereocenters. The van der Waals surface area contributed by atoms with E-state index in [2.05, 4.69) is 45.0 Å². The predicted molar refractivity (Wildman–Crippen MR) is 122 cm³/mol. The molecule has 3 rings (SSSR count). The molecule has 0 saturated carbocycles. The van der Waals surface area contributed by atoms with E-state index in [4.69, 9.17) is 9.73 Å². The number of thiazole rings is 1. The highest BCUT2D eigenvalue weighted by Gasteiger charge is 2.20. The summed E-state index contributed by atoms with van der Waals surface area (Å²) in [4.78, 5) is 25.2. The van der Waals surface area contributed by atoms with Crippen molar-refractivity contribution in [1.29, 1.82) is 0 Å². The van der Waals surface area contributed by atoms with Crippen molar-refractivity contribution in [2.75, 3.05) is 19.7 Å². The number of aryl methyl sites for hydroxylation is 1. The van der Waals surface area contributed by atoms with Crippen LogP contribution in [0.5, 0.6) is 0 Å². The Morgan fingerprint density at radius 3 is 2.90 bits per heavy atom. The number of ether oxygens (including phenoxy) is 1. The summed E-state index contributed by atoms with van der Waals surface area (Å²) in [6.07, 6.45) is 2.90. The molecule has 3 aromatic rings. The van der Waals surface area contributed by atoms with E-state index < -0.39 is 0 Å². The number of aromatic amines is 1. The van der Waals surface area contributed by atoms with E-state index in [-0.39, 0.29) is 12.0 Å². The first kappa shape index (κ1) is 21.8. The van der Waals surface area contributed by atoms with E-state index in [9.17, 15) is 4.79 Å². The Morgan fingerprint density at radius 2 is 2.13 bits per heavy atom. The molecule has 3 N–H and O–H groups in total. The SMILES string of the molecule is CCNC(=NCCc1c[nH]c2ccccc12)NC(C)c1nc(C)c(C(=O)OCC)s1. The van der Waals surface area contributed by atoms with Gasteiger partial charge < -0.3 is 20.4 Å². The van der Waals surface area contributed by atoms with Gasteiger partial charge >= 0.3 is 5.97 Å². The minimum absolute atomic E-state index is 0.0808. The van der Waals surface area contributed by atoms with Gasteiger partial charge in [0.05, 0.1) is 18.3 Å². The molecular weight excluding hydrogens is 398 g/mol. The summed E-state index contributed by atoms with van der Waals surface area (Å²) in [5.41, 5.74) is 3.10. The van der Waals surface area contributed by atoms with Crippen LogP contribution < -0.4 is 10.6 Å². The Morgan fingerprint density at radius 1 is 1.33 bits per heavy atom. The predicted octanol–water partition coefficient (Wildman–Crippen LogP) is 3.97. The van der Waals surface area contributed by atoms with Gasteiger partial charge in [-0.25, -0.2) is 9.78 Å². The first-order valence-corrected chi connectivity index (χ1v) is 11.1. The number of fused-ring (bicyclic) bond motifs is 1. The first-order valence-electron chi connectivity index (χ1n) is 10.3. The van der Waals surface area contributed by atoms with Gasteiger partial charge in [-0.15, -0.1) is 11.3 Å². The van der Waals surface area contributed by atoms with Gasteiger partial charge in [0.2, 0.25) is 0 Å². The number of hydrogen-bond acceptors (Lipinski definition) is 5. The molecule has 0 aliphatic heterocycles. The van der Waals surface area contributed by atoms with Crippen LogP contribution in [0.15, 0.2) is 35.5 Å². The molecule has 30 heavy (non-hydrogen) atoms. The number of nitrogens with one attached hydrogen (secondary N) is 3. The van der Waals surface area contributed by atoms with Crippen LogP contribution in [0.3, 0.4) is 0 Å². The maximum absolute atomic E-state index is 12.1. The molecule has 0 radical (unpaired) electrons. The van der Waals surface area contributed by atoms with Crippen LogP contribution in [0, 0.1) is 6.92 Å². The van der Waals surface area contributed by atoms with E-state index in [1.165, 1.54) is 22.3 Å². The van der Waals surface area contributed by atoms with Gasteiger partial charge in [-0.05, 0) is 45.7 Å². The second-order valence-corrected chi connectivity index (χ2v) is 7.95. The molecule has 8 heteroatoms. The van der Waals surface area contributed by atoms with Crippen LogP contribution in [0.25, 0.3) is 10.9 Å². The summed E-state index contributed by atoms with van der Waals surface area (Å²) in [5, 5.41) is 8.74. The number of carbonyl (C=O) groups is 1. The molecule has 0 aliphatic rings. The van der Waals surface area contributed by atoms with Crippen LogP contribution in [0.1, 0.15) is 52.7 Å². The molecular formula is C22H29N5O2S. The average molecular weight is 428 g/mol. The molecule has 0 fully saturated rings. The topological polar surface area (TPSA) is 91.4 Å². The highest BCUT2D eigenvalue weighted by molar-refractivity contribution is 7.13. The Bertz CT molecular complexity index is 1020. The minimum atomic E-state index is -0.315. The third-order valence-corrected chi connectivity index (χ3v) is 5.99. The molecule has 160 valence electrons. The number of para-hydroxylation sites is 1. The zero-order valence-corrected chi connectivity index (χ0v) is 18.7. The lowest BCUT2D eigenvalue weighted by Crippen LogP contribution is -2.38. The van der Waals surface area contributed by atoms with Crippen molar-refractivity contribution in [3.05, 3.63) is 51.6 Å². The van der Waals surface area contributed by atoms with E-state index in [0.717, 1.165) is 29.4 Å². The number of rotatable bonds is 8. The summed E-state index contributed by atoms with van der Waals surface area (Å²) in [7, 11) is 0. The third-order valence-electron chi connectivity index (χ3n) is 4.67. The molecule has 0 saturated heterocycles. The van der Waals surface area contributed by atoms with Crippen LogP contribution in [0.4, 0.5) is 0 Å². The Kier molecular flexibility index (Phi) is 7.46. The zero-order valence-electron chi connectivity index (χ0n) is 17.9. The number of carbonyl (C=O) groups excluding carboxylic acids is 1. The fourth-order valence-electron chi connectivity index (χ4n) is 3.20. The molecule has 0 spiro atoms. The highest BCUT2D eigenvalue weighted by Crippen LogP contribution is 2.24. The van der Waals surface area contributed by atoms with Gasteiger partial charge in [-0.3, -0.25) is 4.99 Å². The third kappa shape index (κ3) is 5.18. The number of esters is 1. The normalized spacial score (nSPS) is 12.7. The highest BCUT2D eigenvalue weighted by atomic mass is 32.1. The lowest BCUT2D eigenvalue weighted by Gasteiger charge is -2.16. The summed E-state index contributed by atoms with van der Waals surface area (Å²) in [6.45, 7) is 9.46. The van der Waals surface area contributed by atoms with Crippen LogP contribution in [-0.2, 0) is 11.2 Å². The molecule has 0 bridgehead atoms. The molecule has 7 nitrogen and oxygen atoms in total. The molecule has 1 aromatic carbocycles. The lowest BCUT2D eigenvalue weighted by molar-refractivity contribution is 0.0531. The van der Waals surface area contributed by atoms with Gasteiger partial charge in [0, 0.05) is 30.2 Å². The molecule has 0 aliphatic carbocycles. The van der Waals surface area contributed by atoms with Crippen molar-refractivity contribution >= 4 is 34.2 Å². The largest absolute Gasteiger partial charge is 0.462 e.